The number of ether oxygens (including phenoxy) is 1. The predicted octanol–water partition coefficient (Wildman–Crippen LogP) is 3.02. The molecule has 0 aliphatic carbocycles. The number of aliphatic hydroxyl groups excluding tert-OH is 1. The van der Waals surface area contributed by atoms with Crippen LogP contribution in [0.2, 0.25) is 5.15 Å². The molecule has 2 N–H and O–H groups in total. The number of amides is 1. The maximum absolute atomic E-state index is 15.0. The lowest BCUT2D eigenvalue weighted by Gasteiger charge is -2.15. The Hall–Kier alpha value is -3.52. The highest BCUT2D eigenvalue weighted by atomic mass is 35.5. The van der Waals surface area contributed by atoms with E-state index in [9.17, 15) is 27.9 Å². The van der Waals surface area contributed by atoms with Crippen LogP contribution in [-0.4, -0.2) is 48.1 Å². The van der Waals surface area contributed by atoms with E-state index in [1.165, 1.54) is 12.3 Å². The summed E-state index contributed by atoms with van der Waals surface area (Å²) in [5, 5.41) is 15.5. The molecule has 0 spiro atoms. The van der Waals surface area contributed by atoms with Crippen LogP contribution in [0, 0.1) is 12.7 Å². The molecule has 0 atom stereocenters. The molecule has 3 aromatic rings. The van der Waals surface area contributed by atoms with Crippen LogP contribution in [0.15, 0.2) is 23.1 Å². The molecule has 0 unspecified atom stereocenters. The van der Waals surface area contributed by atoms with Crippen LogP contribution in [0.3, 0.4) is 0 Å². The van der Waals surface area contributed by atoms with Gasteiger partial charge in [-0.3, -0.25) is 9.36 Å². The van der Waals surface area contributed by atoms with E-state index in [0.717, 1.165) is 4.57 Å². The van der Waals surface area contributed by atoms with Crippen LogP contribution >= 0.6 is 11.6 Å². The van der Waals surface area contributed by atoms with Crippen molar-refractivity contribution < 1.29 is 32.2 Å². The zero-order valence-electron chi connectivity index (χ0n) is 18.4. The summed E-state index contributed by atoms with van der Waals surface area (Å²) in [4.78, 5) is 33.0. The quantitative estimate of drug-likeness (QED) is 0.347. The van der Waals surface area contributed by atoms with Crippen LogP contribution in [-0.2, 0) is 13.2 Å². The van der Waals surface area contributed by atoms with Crippen molar-refractivity contribution in [1.82, 2.24) is 24.3 Å². The van der Waals surface area contributed by atoms with Gasteiger partial charge in [0.05, 0.1) is 5.69 Å². The van der Waals surface area contributed by atoms with Gasteiger partial charge in [0.25, 0.3) is 5.91 Å². The van der Waals surface area contributed by atoms with Crippen molar-refractivity contribution in [1.29, 1.82) is 0 Å². The van der Waals surface area contributed by atoms with E-state index in [1.807, 2.05) is 0 Å². The SMILES string of the molecule is CCCn1c(CO)nn(-c2nc(OCC(F)(F)F)c(C(=O)Nc3c(C)ccnc3Cl)cc2F)c1=O. The monoisotopic (exact) mass is 518 g/mol. The minimum atomic E-state index is -4.81. The number of nitrogens with zero attached hydrogens (tertiary/aromatic N) is 5. The van der Waals surface area contributed by atoms with Crippen LogP contribution in [0.5, 0.6) is 5.88 Å². The zero-order chi connectivity index (χ0) is 25.9. The fourth-order valence-electron chi connectivity index (χ4n) is 3.03. The summed E-state index contributed by atoms with van der Waals surface area (Å²) in [5.41, 5.74) is -1.06. The molecular weight excluding hydrogens is 500 g/mol. The molecule has 15 heteroatoms. The second-order valence-electron chi connectivity index (χ2n) is 7.22. The molecule has 0 aliphatic rings. The van der Waals surface area contributed by atoms with E-state index >= 15 is 4.39 Å². The predicted molar refractivity (Wildman–Crippen MR) is 115 cm³/mol. The van der Waals surface area contributed by atoms with Crippen LogP contribution in [0.25, 0.3) is 5.82 Å². The van der Waals surface area contributed by atoms with Gasteiger partial charge in [-0.2, -0.15) is 22.8 Å². The molecule has 3 rings (SSSR count). The number of aromatic nitrogens is 5. The summed E-state index contributed by atoms with van der Waals surface area (Å²) >= 11 is 5.97. The Balaban J connectivity index is 2.12. The standard InChI is InChI=1S/C20H19ClF4N6O4/c1-3-6-30-13(8-32)29-31(19(30)34)16-12(22)7-11(18(28-16)35-9-20(23,24)25)17(33)27-14-10(2)4-5-26-15(14)21/h4-5,7,32H,3,6,8-9H2,1-2H3,(H,27,33). The van der Waals surface area contributed by atoms with E-state index in [4.69, 9.17) is 11.6 Å². The zero-order valence-corrected chi connectivity index (χ0v) is 19.1. The third-order valence-corrected chi connectivity index (χ3v) is 4.91. The van der Waals surface area contributed by atoms with Crippen molar-refractivity contribution in [3.63, 3.8) is 0 Å². The number of nitrogens with one attached hydrogen (secondary N) is 1. The lowest BCUT2D eigenvalue weighted by Crippen LogP contribution is -2.27. The summed E-state index contributed by atoms with van der Waals surface area (Å²) in [6.45, 7) is 0.964. The normalized spacial score (nSPS) is 11.5. The van der Waals surface area contributed by atoms with E-state index in [-0.39, 0.29) is 23.2 Å². The Labute approximate surface area is 200 Å². The molecule has 3 heterocycles. The van der Waals surface area contributed by atoms with Crippen molar-refractivity contribution in [3.05, 3.63) is 56.7 Å². The highest BCUT2D eigenvalue weighted by molar-refractivity contribution is 6.32. The molecule has 0 fully saturated rings. The molecule has 0 aromatic carbocycles. The summed E-state index contributed by atoms with van der Waals surface area (Å²) < 4.78 is 59.7. The molecule has 3 aromatic heterocycles. The molecule has 0 saturated carbocycles. The van der Waals surface area contributed by atoms with Crippen LogP contribution in [0.4, 0.5) is 23.2 Å². The third-order valence-electron chi connectivity index (χ3n) is 4.62. The lowest BCUT2D eigenvalue weighted by molar-refractivity contribution is -0.154. The number of aryl methyl sites for hydroxylation is 1. The number of hydrogen-bond acceptors (Lipinski definition) is 7. The average molecular weight is 519 g/mol. The Morgan fingerprint density at radius 2 is 2.06 bits per heavy atom. The van der Waals surface area contributed by atoms with E-state index in [0.29, 0.717) is 22.7 Å². The Morgan fingerprint density at radius 3 is 2.66 bits per heavy atom. The van der Waals surface area contributed by atoms with Gasteiger partial charge in [0, 0.05) is 12.7 Å². The number of alkyl halides is 3. The van der Waals surface area contributed by atoms with Gasteiger partial charge in [-0.25, -0.2) is 14.2 Å². The van der Waals surface area contributed by atoms with Crippen molar-refractivity contribution in [2.24, 2.45) is 0 Å². The molecular formula is C20H19ClF4N6O4. The Kier molecular flexibility index (Phi) is 7.75. The molecule has 0 radical (unpaired) electrons. The molecule has 0 bridgehead atoms. The average Bonchev–Trinajstić information content (AvgIpc) is 3.10. The molecule has 188 valence electrons. The minimum absolute atomic E-state index is 0.0486. The maximum atomic E-state index is 15.0. The number of aliphatic hydroxyl groups is 1. The van der Waals surface area contributed by atoms with Crippen molar-refractivity contribution in [3.8, 4) is 11.7 Å². The first kappa shape index (κ1) is 26.1. The Morgan fingerprint density at radius 1 is 1.34 bits per heavy atom. The first-order valence-electron chi connectivity index (χ1n) is 10.1. The van der Waals surface area contributed by atoms with Gasteiger partial charge in [-0.05, 0) is 31.0 Å². The second kappa shape index (κ2) is 10.4. The number of rotatable bonds is 8. The fourth-order valence-corrected chi connectivity index (χ4v) is 3.28. The third kappa shape index (κ3) is 5.77. The first-order valence-corrected chi connectivity index (χ1v) is 10.5. The van der Waals surface area contributed by atoms with Gasteiger partial charge < -0.3 is 15.2 Å². The maximum Gasteiger partial charge on any atom is 0.422 e. The molecule has 0 saturated heterocycles. The van der Waals surface area contributed by atoms with Gasteiger partial charge in [-0.1, -0.05) is 18.5 Å². The Bertz CT molecular complexity index is 1290. The highest BCUT2D eigenvalue weighted by Crippen LogP contribution is 2.27. The van der Waals surface area contributed by atoms with E-state index < -0.39 is 54.1 Å². The summed E-state index contributed by atoms with van der Waals surface area (Å²) in [6.07, 6.45) is -2.96. The van der Waals surface area contributed by atoms with Gasteiger partial charge in [0.2, 0.25) is 5.88 Å². The molecule has 10 nitrogen and oxygen atoms in total. The molecule has 35 heavy (non-hydrogen) atoms. The van der Waals surface area contributed by atoms with Crippen LogP contribution in [0.1, 0.15) is 35.1 Å². The molecule has 1 amide bonds. The van der Waals surface area contributed by atoms with E-state index in [2.05, 4.69) is 25.1 Å². The number of anilines is 1. The summed E-state index contributed by atoms with van der Waals surface area (Å²) in [5.74, 6) is -4.17. The molecule has 0 aliphatic heterocycles. The van der Waals surface area contributed by atoms with E-state index in [1.54, 1.807) is 13.8 Å². The van der Waals surface area contributed by atoms with Crippen molar-refractivity contribution >= 4 is 23.2 Å². The highest BCUT2D eigenvalue weighted by Gasteiger charge is 2.31. The fraction of sp³-hybridized carbons (Fsp3) is 0.350. The topological polar surface area (TPSA) is 124 Å². The number of halogens is 5. The number of carbonyl (C=O) groups is 1. The van der Waals surface area contributed by atoms with Crippen LogP contribution < -0.4 is 15.7 Å². The number of carbonyl (C=O) groups excluding carboxylic acids is 1. The minimum Gasteiger partial charge on any atom is -0.467 e. The lowest BCUT2D eigenvalue weighted by atomic mass is 10.2. The summed E-state index contributed by atoms with van der Waals surface area (Å²) in [7, 11) is 0. The van der Waals surface area contributed by atoms with Gasteiger partial charge >= 0.3 is 11.9 Å². The van der Waals surface area contributed by atoms with Gasteiger partial charge in [-0.15, -0.1) is 5.10 Å². The number of pyridine rings is 2. The van der Waals surface area contributed by atoms with Crippen molar-refractivity contribution in [2.45, 2.75) is 39.6 Å². The number of hydrogen-bond donors (Lipinski definition) is 2. The second-order valence-corrected chi connectivity index (χ2v) is 7.58. The smallest absolute Gasteiger partial charge is 0.422 e. The van der Waals surface area contributed by atoms with Gasteiger partial charge in [0.1, 0.15) is 12.2 Å². The van der Waals surface area contributed by atoms with Gasteiger partial charge in [0.15, 0.2) is 29.2 Å². The largest absolute Gasteiger partial charge is 0.467 e. The van der Waals surface area contributed by atoms with Crippen molar-refractivity contribution in [2.75, 3.05) is 11.9 Å². The first-order chi connectivity index (χ1) is 16.5. The summed E-state index contributed by atoms with van der Waals surface area (Å²) in [6, 6.07) is 2.08.